The standard InChI is InChI=1S/C16H14ClN3O2S/c1-18-16(21)11-5-4-10(7-12(11)17)19-9-15-20-8-13(22-15)14-3-2-6-23-14/h2-8,19H,9H2,1H3,(H,18,21). The number of oxazole rings is 1. The van der Waals surface area contributed by atoms with Crippen LogP contribution in [0, 0.1) is 0 Å². The number of carbonyl (C=O) groups is 1. The van der Waals surface area contributed by atoms with Crippen molar-refractivity contribution in [1.82, 2.24) is 10.3 Å². The minimum atomic E-state index is -0.213. The fourth-order valence-electron chi connectivity index (χ4n) is 2.05. The Morgan fingerprint density at radius 3 is 2.96 bits per heavy atom. The van der Waals surface area contributed by atoms with Crippen LogP contribution in [-0.4, -0.2) is 17.9 Å². The third-order valence-electron chi connectivity index (χ3n) is 3.20. The van der Waals surface area contributed by atoms with Gasteiger partial charge in [0.1, 0.15) is 0 Å². The predicted octanol–water partition coefficient (Wildman–Crippen LogP) is 4.03. The summed E-state index contributed by atoms with van der Waals surface area (Å²) in [5, 5.41) is 8.10. The van der Waals surface area contributed by atoms with Gasteiger partial charge in [0, 0.05) is 12.7 Å². The second kappa shape index (κ2) is 6.85. The number of benzene rings is 1. The predicted molar refractivity (Wildman–Crippen MR) is 92.0 cm³/mol. The van der Waals surface area contributed by atoms with Gasteiger partial charge in [-0.15, -0.1) is 11.3 Å². The lowest BCUT2D eigenvalue weighted by Crippen LogP contribution is -2.18. The molecule has 0 radical (unpaired) electrons. The van der Waals surface area contributed by atoms with Gasteiger partial charge in [-0.25, -0.2) is 4.98 Å². The van der Waals surface area contributed by atoms with E-state index in [-0.39, 0.29) is 5.91 Å². The van der Waals surface area contributed by atoms with Crippen LogP contribution >= 0.6 is 22.9 Å². The third-order valence-corrected chi connectivity index (χ3v) is 4.40. The highest BCUT2D eigenvalue weighted by molar-refractivity contribution is 7.13. The Bertz CT molecular complexity index is 815. The van der Waals surface area contributed by atoms with Gasteiger partial charge in [0.25, 0.3) is 5.91 Å². The van der Waals surface area contributed by atoms with E-state index in [0.717, 1.165) is 16.3 Å². The summed E-state index contributed by atoms with van der Waals surface area (Å²) in [6.45, 7) is 0.432. The van der Waals surface area contributed by atoms with Gasteiger partial charge in [-0.2, -0.15) is 0 Å². The summed E-state index contributed by atoms with van der Waals surface area (Å²) in [5.41, 5.74) is 1.23. The highest BCUT2D eigenvalue weighted by Crippen LogP contribution is 2.26. The summed E-state index contributed by atoms with van der Waals surface area (Å²) in [7, 11) is 1.57. The van der Waals surface area contributed by atoms with Crippen LogP contribution in [0.15, 0.2) is 46.3 Å². The molecule has 0 aliphatic rings. The molecule has 0 unspecified atom stereocenters. The van der Waals surface area contributed by atoms with Crippen molar-refractivity contribution in [3.05, 3.63) is 58.4 Å². The lowest BCUT2D eigenvalue weighted by molar-refractivity contribution is 0.0963. The number of hydrogen-bond donors (Lipinski definition) is 2. The molecule has 2 aromatic heterocycles. The van der Waals surface area contributed by atoms with Crippen molar-refractivity contribution in [3.63, 3.8) is 0 Å². The fourth-order valence-corrected chi connectivity index (χ4v) is 2.98. The van der Waals surface area contributed by atoms with Crippen molar-refractivity contribution >= 4 is 34.5 Å². The van der Waals surface area contributed by atoms with Gasteiger partial charge in [-0.3, -0.25) is 4.79 Å². The lowest BCUT2D eigenvalue weighted by atomic mass is 10.2. The molecule has 0 saturated carbocycles. The Balaban J connectivity index is 1.67. The van der Waals surface area contributed by atoms with Gasteiger partial charge >= 0.3 is 0 Å². The largest absolute Gasteiger partial charge is 0.438 e. The van der Waals surface area contributed by atoms with E-state index in [0.29, 0.717) is 23.0 Å². The molecule has 1 aromatic carbocycles. The van der Waals surface area contributed by atoms with Gasteiger partial charge in [0.2, 0.25) is 5.89 Å². The molecule has 7 heteroatoms. The first kappa shape index (κ1) is 15.6. The highest BCUT2D eigenvalue weighted by Gasteiger charge is 2.10. The minimum absolute atomic E-state index is 0.213. The van der Waals surface area contributed by atoms with E-state index in [9.17, 15) is 4.79 Å². The van der Waals surface area contributed by atoms with Crippen molar-refractivity contribution < 1.29 is 9.21 Å². The fraction of sp³-hybridized carbons (Fsp3) is 0.125. The van der Waals surface area contributed by atoms with Gasteiger partial charge in [-0.05, 0) is 29.6 Å². The topological polar surface area (TPSA) is 67.2 Å². The summed E-state index contributed by atoms with van der Waals surface area (Å²) in [4.78, 5) is 16.9. The summed E-state index contributed by atoms with van der Waals surface area (Å²) in [6, 6.07) is 9.13. The summed E-state index contributed by atoms with van der Waals surface area (Å²) < 4.78 is 5.70. The molecule has 0 bridgehead atoms. The molecule has 2 N–H and O–H groups in total. The van der Waals surface area contributed by atoms with Gasteiger partial charge in [0.05, 0.1) is 28.2 Å². The van der Waals surface area contributed by atoms with Crippen molar-refractivity contribution in [1.29, 1.82) is 0 Å². The van der Waals surface area contributed by atoms with Crippen LogP contribution in [0.5, 0.6) is 0 Å². The molecule has 0 fully saturated rings. The van der Waals surface area contributed by atoms with Crippen molar-refractivity contribution in [2.24, 2.45) is 0 Å². The zero-order valence-corrected chi connectivity index (χ0v) is 13.9. The van der Waals surface area contributed by atoms with Gasteiger partial charge in [0.15, 0.2) is 5.76 Å². The maximum absolute atomic E-state index is 11.6. The van der Waals surface area contributed by atoms with Crippen LogP contribution in [0.4, 0.5) is 5.69 Å². The second-order valence-corrected chi connectivity index (χ2v) is 6.08. The molecule has 0 atom stereocenters. The maximum atomic E-state index is 11.6. The Kier molecular flexibility index (Phi) is 4.64. The Morgan fingerprint density at radius 1 is 1.39 bits per heavy atom. The zero-order chi connectivity index (χ0) is 16.2. The Morgan fingerprint density at radius 2 is 2.26 bits per heavy atom. The molecule has 23 heavy (non-hydrogen) atoms. The first-order valence-corrected chi connectivity index (χ1v) is 8.17. The number of aromatic nitrogens is 1. The quantitative estimate of drug-likeness (QED) is 0.731. The number of halogens is 1. The average Bonchev–Trinajstić information content (AvgIpc) is 3.23. The van der Waals surface area contributed by atoms with Crippen molar-refractivity contribution in [2.75, 3.05) is 12.4 Å². The average molecular weight is 348 g/mol. The molecule has 3 aromatic rings. The van der Waals surface area contributed by atoms with Crippen LogP contribution in [0.25, 0.3) is 10.6 Å². The molecule has 2 heterocycles. The Hall–Kier alpha value is -2.31. The van der Waals surface area contributed by atoms with E-state index in [4.69, 9.17) is 16.0 Å². The monoisotopic (exact) mass is 347 g/mol. The molecule has 118 valence electrons. The summed E-state index contributed by atoms with van der Waals surface area (Å²) in [6.07, 6.45) is 1.71. The molecule has 0 saturated heterocycles. The number of nitrogens with one attached hydrogen (secondary N) is 2. The number of anilines is 1. The molecular formula is C16H14ClN3O2S. The molecule has 3 rings (SSSR count). The molecule has 0 spiro atoms. The van der Waals surface area contributed by atoms with Crippen LogP contribution < -0.4 is 10.6 Å². The van der Waals surface area contributed by atoms with E-state index in [1.807, 2.05) is 17.5 Å². The number of amides is 1. The normalized spacial score (nSPS) is 10.5. The first-order chi connectivity index (χ1) is 11.2. The number of hydrogen-bond acceptors (Lipinski definition) is 5. The van der Waals surface area contributed by atoms with Crippen molar-refractivity contribution in [3.8, 4) is 10.6 Å². The zero-order valence-electron chi connectivity index (χ0n) is 12.3. The highest BCUT2D eigenvalue weighted by atomic mass is 35.5. The number of nitrogens with zero attached hydrogens (tertiary/aromatic N) is 1. The SMILES string of the molecule is CNC(=O)c1ccc(NCc2ncc(-c3cccs3)o2)cc1Cl. The number of thiophene rings is 1. The van der Waals surface area contributed by atoms with Gasteiger partial charge in [-0.1, -0.05) is 17.7 Å². The van der Waals surface area contributed by atoms with Crippen molar-refractivity contribution in [2.45, 2.75) is 6.54 Å². The minimum Gasteiger partial charge on any atom is -0.438 e. The third kappa shape index (κ3) is 3.55. The lowest BCUT2D eigenvalue weighted by Gasteiger charge is -2.07. The van der Waals surface area contributed by atoms with E-state index < -0.39 is 0 Å². The van der Waals surface area contributed by atoms with E-state index in [1.165, 1.54) is 0 Å². The number of carbonyl (C=O) groups excluding carboxylic acids is 1. The van der Waals surface area contributed by atoms with Crippen LogP contribution in [0.3, 0.4) is 0 Å². The van der Waals surface area contributed by atoms with E-state index in [2.05, 4.69) is 15.6 Å². The van der Waals surface area contributed by atoms with Crippen LogP contribution in [0.1, 0.15) is 16.2 Å². The maximum Gasteiger partial charge on any atom is 0.252 e. The van der Waals surface area contributed by atoms with Crippen LogP contribution in [-0.2, 0) is 6.54 Å². The molecule has 0 aliphatic carbocycles. The first-order valence-electron chi connectivity index (χ1n) is 6.91. The molecule has 0 aliphatic heterocycles. The van der Waals surface area contributed by atoms with E-state index >= 15 is 0 Å². The second-order valence-electron chi connectivity index (χ2n) is 4.72. The summed E-state index contributed by atoms with van der Waals surface area (Å²) >= 11 is 7.72. The van der Waals surface area contributed by atoms with Crippen LogP contribution in [0.2, 0.25) is 5.02 Å². The summed E-state index contributed by atoms with van der Waals surface area (Å²) in [5.74, 6) is 1.12. The molecule has 1 amide bonds. The van der Waals surface area contributed by atoms with Gasteiger partial charge < -0.3 is 15.1 Å². The van der Waals surface area contributed by atoms with E-state index in [1.54, 1.807) is 42.8 Å². The molecule has 5 nitrogen and oxygen atoms in total. The number of rotatable bonds is 5. The Labute approximate surface area is 142 Å². The smallest absolute Gasteiger partial charge is 0.252 e. The molecular weight excluding hydrogens is 334 g/mol.